The van der Waals surface area contributed by atoms with Crippen LogP contribution in [0.1, 0.15) is 30.1 Å². The maximum Gasteiger partial charge on any atom is 0.347 e. The minimum atomic E-state index is -0.525. The highest BCUT2D eigenvalue weighted by atomic mass is 35.5. The van der Waals surface area contributed by atoms with Crippen LogP contribution in [0.15, 0.2) is 77.8 Å². The lowest BCUT2D eigenvalue weighted by molar-refractivity contribution is 0.0730. The second-order valence-electron chi connectivity index (χ2n) is 6.26. The Balaban J connectivity index is 1.83. The number of hydrogen-bond acceptors (Lipinski definition) is 4. The molecule has 0 saturated carbocycles. The molecule has 1 unspecified atom stereocenters. The van der Waals surface area contributed by atoms with E-state index in [1.165, 1.54) is 0 Å². The molecule has 28 heavy (non-hydrogen) atoms. The van der Waals surface area contributed by atoms with Crippen LogP contribution in [-0.2, 0) is 0 Å². The molecule has 1 aliphatic carbocycles. The summed E-state index contributed by atoms with van der Waals surface area (Å²) in [7, 11) is 0. The molecule has 2 aromatic carbocycles. The monoisotopic (exact) mass is 395 g/mol. The molecule has 0 fully saturated rings. The summed E-state index contributed by atoms with van der Waals surface area (Å²) in [5.74, 6) is 0.225. The van der Waals surface area contributed by atoms with Crippen LogP contribution >= 0.6 is 11.6 Å². The van der Waals surface area contributed by atoms with Gasteiger partial charge in [0.1, 0.15) is 11.3 Å². The quantitative estimate of drug-likeness (QED) is 0.344. The molecule has 0 aromatic heterocycles. The molecule has 0 N–H and O–H groups in total. The number of aliphatic imine (C=N–C) groups is 1. The predicted octanol–water partition coefficient (Wildman–Crippen LogP) is 5.67. The number of esters is 1. The SMILES string of the molecule is CCCCN=C1C=CC=CC1Oc1c(Cl)cccc1C(=O)Oc1ccccc1. The first-order chi connectivity index (χ1) is 13.7. The van der Waals surface area contributed by atoms with Crippen molar-refractivity contribution >= 4 is 23.3 Å². The lowest BCUT2D eigenvalue weighted by Crippen LogP contribution is -2.27. The van der Waals surface area contributed by atoms with Crippen molar-refractivity contribution in [3.05, 3.63) is 83.4 Å². The topological polar surface area (TPSA) is 47.9 Å². The van der Waals surface area contributed by atoms with Gasteiger partial charge in [-0.25, -0.2) is 4.79 Å². The van der Waals surface area contributed by atoms with Gasteiger partial charge in [0.15, 0.2) is 11.9 Å². The van der Waals surface area contributed by atoms with Crippen LogP contribution in [-0.4, -0.2) is 24.3 Å². The number of nitrogens with zero attached hydrogens (tertiary/aromatic N) is 1. The average molecular weight is 396 g/mol. The highest BCUT2D eigenvalue weighted by Gasteiger charge is 2.22. The van der Waals surface area contributed by atoms with Crippen molar-refractivity contribution in [3.63, 3.8) is 0 Å². The van der Waals surface area contributed by atoms with Crippen molar-refractivity contribution in [3.8, 4) is 11.5 Å². The Labute approximate surface area is 170 Å². The number of para-hydroxylation sites is 2. The standard InChI is InChI=1S/C23H22ClNO3/c1-2-3-16-25-20-14-7-8-15-21(20)28-22-18(12-9-13-19(22)24)23(26)27-17-10-5-4-6-11-17/h4-15,21H,2-3,16H2,1H3. The number of unbranched alkanes of at least 4 members (excludes halogenated alkanes) is 1. The molecule has 1 atom stereocenters. The second-order valence-corrected chi connectivity index (χ2v) is 6.67. The summed E-state index contributed by atoms with van der Waals surface area (Å²) in [4.78, 5) is 17.3. The van der Waals surface area contributed by atoms with E-state index in [1.54, 1.807) is 42.5 Å². The second kappa shape index (κ2) is 9.90. The number of carbonyl (C=O) groups excluding carboxylic acids is 1. The van der Waals surface area contributed by atoms with Gasteiger partial charge in [-0.2, -0.15) is 0 Å². The molecule has 0 heterocycles. The Morgan fingerprint density at radius 2 is 1.93 bits per heavy atom. The predicted molar refractivity (Wildman–Crippen MR) is 113 cm³/mol. The van der Waals surface area contributed by atoms with Crippen molar-refractivity contribution in [2.24, 2.45) is 4.99 Å². The van der Waals surface area contributed by atoms with Gasteiger partial charge < -0.3 is 9.47 Å². The fourth-order valence-electron chi connectivity index (χ4n) is 2.69. The summed E-state index contributed by atoms with van der Waals surface area (Å²) < 4.78 is 11.6. The van der Waals surface area contributed by atoms with Gasteiger partial charge in [-0.3, -0.25) is 4.99 Å². The molecular weight excluding hydrogens is 374 g/mol. The number of benzene rings is 2. The van der Waals surface area contributed by atoms with Crippen molar-refractivity contribution in [1.29, 1.82) is 0 Å². The molecular formula is C23H22ClNO3. The first kappa shape index (κ1) is 19.9. The third kappa shape index (κ3) is 5.11. The smallest absolute Gasteiger partial charge is 0.347 e. The van der Waals surface area contributed by atoms with E-state index in [-0.39, 0.29) is 5.56 Å². The van der Waals surface area contributed by atoms with Crippen LogP contribution in [0.5, 0.6) is 11.5 Å². The zero-order valence-corrected chi connectivity index (χ0v) is 16.4. The van der Waals surface area contributed by atoms with Crippen molar-refractivity contribution in [1.82, 2.24) is 0 Å². The lowest BCUT2D eigenvalue weighted by Gasteiger charge is -2.20. The van der Waals surface area contributed by atoms with Gasteiger partial charge in [-0.05, 0) is 42.8 Å². The normalized spacial score (nSPS) is 16.9. The summed E-state index contributed by atoms with van der Waals surface area (Å²) in [6.45, 7) is 2.86. The maximum atomic E-state index is 12.7. The van der Waals surface area contributed by atoms with Crippen LogP contribution in [0.2, 0.25) is 5.02 Å². The van der Waals surface area contributed by atoms with E-state index in [1.807, 2.05) is 30.4 Å². The fraction of sp³-hybridized carbons (Fsp3) is 0.217. The number of ether oxygens (including phenoxy) is 2. The number of carbonyl (C=O) groups is 1. The van der Waals surface area contributed by atoms with Crippen LogP contribution < -0.4 is 9.47 Å². The first-order valence-corrected chi connectivity index (χ1v) is 9.68. The van der Waals surface area contributed by atoms with Gasteiger partial charge >= 0.3 is 5.97 Å². The minimum absolute atomic E-state index is 0.271. The minimum Gasteiger partial charge on any atom is -0.478 e. The Bertz CT molecular complexity index is 903. The molecule has 0 spiro atoms. The van der Waals surface area contributed by atoms with Crippen LogP contribution in [0.3, 0.4) is 0 Å². The van der Waals surface area contributed by atoms with Crippen molar-refractivity contribution < 1.29 is 14.3 Å². The molecule has 0 bridgehead atoms. The summed E-state index contributed by atoms with van der Waals surface area (Å²) >= 11 is 6.36. The number of hydrogen-bond donors (Lipinski definition) is 0. The Kier molecular flexibility index (Phi) is 7.04. The van der Waals surface area contributed by atoms with Crippen LogP contribution in [0.4, 0.5) is 0 Å². The molecule has 5 heteroatoms. The van der Waals surface area contributed by atoms with E-state index in [0.29, 0.717) is 16.5 Å². The molecule has 0 aliphatic heterocycles. The van der Waals surface area contributed by atoms with E-state index < -0.39 is 12.1 Å². The van der Waals surface area contributed by atoms with Crippen molar-refractivity contribution in [2.75, 3.05) is 6.54 Å². The highest BCUT2D eigenvalue weighted by Crippen LogP contribution is 2.31. The molecule has 0 amide bonds. The first-order valence-electron chi connectivity index (χ1n) is 9.30. The number of allylic oxidation sites excluding steroid dienone is 2. The zero-order valence-electron chi connectivity index (χ0n) is 15.7. The Hall–Kier alpha value is -2.85. The summed E-state index contributed by atoms with van der Waals surface area (Å²) in [6.07, 6.45) is 9.28. The zero-order chi connectivity index (χ0) is 19.8. The van der Waals surface area contributed by atoms with Crippen LogP contribution in [0.25, 0.3) is 0 Å². The molecule has 1 aliphatic rings. The fourth-order valence-corrected chi connectivity index (χ4v) is 2.91. The summed E-state index contributed by atoms with van der Waals surface area (Å²) in [5, 5.41) is 0.346. The third-order valence-electron chi connectivity index (χ3n) is 4.15. The maximum absolute atomic E-state index is 12.7. The lowest BCUT2D eigenvalue weighted by atomic mass is 10.1. The van der Waals surface area contributed by atoms with Crippen LogP contribution in [0, 0.1) is 0 Å². The van der Waals surface area contributed by atoms with Gasteiger partial charge in [-0.1, -0.05) is 61.4 Å². The Morgan fingerprint density at radius 1 is 1.11 bits per heavy atom. The van der Waals surface area contributed by atoms with Gasteiger partial charge in [0.05, 0.1) is 10.7 Å². The van der Waals surface area contributed by atoms with Gasteiger partial charge in [0, 0.05) is 6.54 Å². The molecule has 0 saturated heterocycles. The van der Waals surface area contributed by atoms with Gasteiger partial charge in [0.2, 0.25) is 0 Å². The molecule has 2 aromatic rings. The van der Waals surface area contributed by atoms with E-state index in [4.69, 9.17) is 21.1 Å². The number of rotatable bonds is 7. The largest absolute Gasteiger partial charge is 0.478 e. The molecule has 3 rings (SSSR count). The van der Waals surface area contributed by atoms with Gasteiger partial charge in [0.25, 0.3) is 0 Å². The Morgan fingerprint density at radius 3 is 2.71 bits per heavy atom. The van der Waals surface area contributed by atoms with E-state index in [9.17, 15) is 4.79 Å². The summed E-state index contributed by atoms with van der Waals surface area (Å²) in [6, 6.07) is 13.9. The number of halogens is 1. The third-order valence-corrected chi connectivity index (χ3v) is 4.44. The molecule has 0 radical (unpaired) electrons. The molecule has 144 valence electrons. The van der Waals surface area contributed by atoms with Crippen molar-refractivity contribution in [2.45, 2.75) is 25.9 Å². The van der Waals surface area contributed by atoms with E-state index in [2.05, 4.69) is 11.9 Å². The molecule has 4 nitrogen and oxygen atoms in total. The summed E-state index contributed by atoms with van der Waals surface area (Å²) in [5.41, 5.74) is 1.07. The van der Waals surface area contributed by atoms with E-state index in [0.717, 1.165) is 25.1 Å². The van der Waals surface area contributed by atoms with E-state index >= 15 is 0 Å². The average Bonchev–Trinajstić information content (AvgIpc) is 2.71. The van der Waals surface area contributed by atoms with Gasteiger partial charge in [-0.15, -0.1) is 0 Å². The highest BCUT2D eigenvalue weighted by molar-refractivity contribution is 6.32.